The highest BCUT2D eigenvalue weighted by molar-refractivity contribution is 7.80. The maximum Gasteiger partial charge on any atom is 0.168 e. The Bertz CT molecular complexity index is 199. The Morgan fingerprint density at radius 3 is 2.27 bits per heavy atom. The third-order valence-corrected chi connectivity index (χ3v) is 3.69. The fourth-order valence-electron chi connectivity index (χ4n) is 1.69. The smallest absolute Gasteiger partial charge is 0.168 e. The molecule has 0 amide bonds. The molecule has 0 aromatic heterocycles. The Morgan fingerprint density at radius 2 is 1.93 bits per heavy atom. The standard InChI is InChI=1S/C11H24N2OS/c1-6-13(11(15)12-5)10(4)9(3)8(2)7-14/h8-10,14H,6-7H2,1-5H3,(H,12,15). The van der Waals surface area contributed by atoms with Crippen LogP contribution in [0.5, 0.6) is 0 Å². The molecule has 3 nitrogen and oxygen atoms in total. The largest absolute Gasteiger partial charge is 0.396 e. The molecule has 15 heavy (non-hydrogen) atoms. The molecule has 0 fully saturated rings. The zero-order valence-electron chi connectivity index (χ0n) is 10.4. The van der Waals surface area contributed by atoms with Crippen LogP contribution in [-0.2, 0) is 0 Å². The second-order valence-corrected chi connectivity index (χ2v) is 4.49. The summed E-state index contributed by atoms with van der Waals surface area (Å²) < 4.78 is 0. The van der Waals surface area contributed by atoms with E-state index in [1.165, 1.54) is 0 Å². The molecule has 0 aliphatic heterocycles. The van der Waals surface area contributed by atoms with Gasteiger partial charge in [0.15, 0.2) is 5.11 Å². The van der Waals surface area contributed by atoms with E-state index in [9.17, 15) is 0 Å². The first-order valence-electron chi connectivity index (χ1n) is 5.58. The molecular weight excluding hydrogens is 208 g/mol. The van der Waals surface area contributed by atoms with Crippen LogP contribution < -0.4 is 5.32 Å². The van der Waals surface area contributed by atoms with Crippen LogP contribution in [-0.4, -0.2) is 41.4 Å². The summed E-state index contributed by atoms with van der Waals surface area (Å²) in [6.07, 6.45) is 0. The first-order valence-corrected chi connectivity index (χ1v) is 5.99. The Labute approximate surface area is 98.9 Å². The van der Waals surface area contributed by atoms with E-state index in [1.807, 2.05) is 7.05 Å². The number of hydrogen-bond donors (Lipinski definition) is 2. The zero-order valence-corrected chi connectivity index (χ0v) is 11.3. The van der Waals surface area contributed by atoms with Crippen molar-refractivity contribution in [1.29, 1.82) is 0 Å². The quantitative estimate of drug-likeness (QED) is 0.704. The van der Waals surface area contributed by atoms with Crippen molar-refractivity contribution < 1.29 is 5.11 Å². The molecule has 0 bridgehead atoms. The van der Waals surface area contributed by atoms with E-state index in [0.29, 0.717) is 17.9 Å². The third-order valence-electron chi connectivity index (χ3n) is 3.25. The van der Waals surface area contributed by atoms with Gasteiger partial charge in [-0.15, -0.1) is 0 Å². The van der Waals surface area contributed by atoms with E-state index in [1.54, 1.807) is 0 Å². The van der Waals surface area contributed by atoms with Crippen molar-refractivity contribution in [1.82, 2.24) is 10.2 Å². The molecule has 4 heteroatoms. The van der Waals surface area contributed by atoms with Gasteiger partial charge >= 0.3 is 0 Å². The lowest BCUT2D eigenvalue weighted by molar-refractivity contribution is 0.144. The van der Waals surface area contributed by atoms with Crippen molar-refractivity contribution in [3.63, 3.8) is 0 Å². The predicted molar refractivity (Wildman–Crippen MR) is 68.9 cm³/mol. The van der Waals surface area contributed by atoms with E-state index < -0.39 is 0 Å². The average Bonchev–Trinajstić information content (AvgIpc) is 2.27. The molecule has 0 saturated carbocycles. The van der Waals surface area contributed by atoms with Crippen LogP contribution in [0, 0.1) is 11.8 Å². The Kier molecular flexibility index (Phi) is 6.85. The van der Waals surface area contributed by atoms with Crippen LogP contribution in [0.15, 0.2) is 0 Å². The minimum atomic E-state index is 0.232. The SMILES string of the molecule is CCN(C(=S)NC)C(C)C(C)C(C)CO. The van der Waals surface area contributed by atoms with E-state index >= 15 is 0 Å². The second kappa shape index (κ2) is 7.01. The van der Waals surface area contributed by atoms with Crippen LogP contribution in [0.4, 0.5) is 0 Å². The number of nitrogens with zero attached hydrogens (tertiary/aromatic N) is 1. The minimum absolute atomic E-state index is 0.232. The van der Waals surface area contributed by atoms with Gasteiger partial charge in [-0.1, -0.05) is 13.8 Å². The molecule has 0 aliphatic rings. The van der Waals surface area contributed by atoms with Crippen LogP contribution in [0.1, 0.15) is 27.7 Å². The molecule has 2 N–H and O–H groups in total. The van der Waals surface area contributed by atoms with Crippen molar-refractivity contribution in [3.8, 4) is 0 Å². The summed E-state index contributed by atoms with van der Waals surface area (Å²) in [5, 5.41) is 12.9. The van der Waals surface area contributed by atoms with Gasteiger partial charge in [-0.05, 0) is 37.9 Å². The number of aliphatic hydroxyl groups is 1. The minimum Gasteiger partial charge on any atom is -0.396 e. The van der Waals surface area contributed by atoms with Crippen molar-refractivity contribution in [2.24, 2.45) is 11.8 Å². The summed E-state index contributed by atoms with van der Waals surface area (Å²) >= 11 is 5.25. The van der Waals surface area contributed by atoms with E-state index in [4.69, 9.17) is 17.3 Å². The monoisotopic (exact) mass is 232 g/mol. The molecule has 0 radical (unpaired) electrons. The van der Waals surface area contributed by atoms with Crippen molar-refractivity contribution in [2.45, 2.75) is 33.7 Å². The summed E-state index contributed by atoms with van der Waals surface area (Å²) in [6.45, 7) is 9.60. The molecule has 0 heterocycles. The topological polar surface area (TPSA) is 35.5 Å². The summed E-state index contributed by atoms with van der Waals surface area (Å²) in [7, 11) is 1.85. The fourth-order valence-corrected chi connectivity index (χ4v) is 1.98. The molecule has 0 rings (SSSR count). The first-order chi connectivity index (χ1) is 6.99. The maximum absolute atomic E-state index is 9.14. The number of rotatable bonds is 5. The molecule has 0 aliphatic carbocycles. The van der Waals surface area contributed by atoms with Crippen LogP contribution >= 0.6 is 12.2 Å². The number of thiocarbonyl (C=S) groups is 1. The second-order valence-electron chi connectivity index (χ2n) is 4.10. The lowest BCUT2D eigenvalue weighted by atomic mass is 9.89. The van der Waals surface area contributed by atoms with Gasteiger partial charge < -0.3 is 15.3 Å². The molecular formula is C11H24N2OS. The number of hydrogen-bond acceptors (Lipinski definition) is 2. The van der Waals surface area contributed by atoms with Gasteiger partial charge in [0.25, 0.3) is 0 Å². The molecule has 0 aromatic carbocycles. The predicted octanol–water partition coefficient (Wildman–Crippen LogP) is 1.47. The highest BCUT2D eigenvalue weighted by Gasteiger charge is 2.24. The first kappa shape index (κ1) is 14.6. The third kappa shape index (κ3) is 3.95. The zero-order chi connectivity index (χ0) is 12.0. The van der Waals surface area contributed by atoms with Gasteiger partial charge in [-0.2, -0.15) is 0 Å². The normalized spacial score (nSPS) is 16.7. The van der Waals surface area contributed by atoms with E-state index in [0.717, 1.165) is 11.7 Å². The molecule has 0 spiro atoms. The van der Waals surface area contributed by atoms with Crippen molar-refractivity contribution in [2.75, 3.05) is 20.2 Å². The highest BCUT2D eigenvalue weighted by Crippen LogP contribution is 2.19. The number of aliphatic hydroxyl groups excluding tert-OH is 1. The maximum atomic E-state index is 9.14. The Hall–Kier alpha value is -0.350. The molecule has 3 unspecified atom stereocenters. The van der Waals surface area contributed by atoms with Gasteiger partial charge in [-0.25, -0.2) is 0 Å². The van der Waals surface area contributed by atoms with Gasteiger partial charge in [0, 0.05) is 26.2 Å². The molecule has 0 aromatic rings. The van der Waals surface area contributed by atoms with Gasteiger partial charge in [0.1, 0.15) is 0 Å². The highest BCUT2D eigenvalue weighted by atomic mass is 32.1. The van der Waals surface area contributed by atoms with Gasteiger partial charge in [-0.3, -0.25) is 0 Å². The lowest BCUT2D eigenvalue weighted by Crippen LogP contribution is -2.47. The van der Waals surface area contributed by atoms with Crippen molar-refractivity contribution in [3.05, 3.63) is 0 Å². The van der Waals surface area contributed by atoms with Crippen molar-refractivity contribution >= 4 is 17.3 Å². The van der Waals surface area contributed by atoms with Crippen LogP contribution in [0.25, 0.3) is 0 Å². The van der Waals surface area contributed by atoms with E-state index in [-0.39, 0.29) is 6.61 Å². The lowest BCUT2D eigenvalue weighted by Gasteiger charge is -2.36. The fraction of sp³-hybridized carbons (Fsp3) is 0.909. The average molecular weight is 232 g/mol. The van der Waals surface area contributed by atoms with Gasteiger partial charge in [0.2, 0.25) is 0 Å². The van der Waals surface area contributed by atoms with Crippen LogP contribution in [0.2, 0.25) is 0 Å². The Morgan fingerprint density at radius 1 is 1.40 bits per heavy atom. The summed E-state index contributed by atoms with van der Waals surface area (Å²) in [6, 6.07) is 0.345. The molecule has 3 atom stereocenters. The van der Waals surface area contributed by atoms with E-state index in [2.05, 4.69) is 37.9 Å². The Balaban J connectivity index is 4.50. The molecule has 0 saturated heterocycles. The van der Waals surface area contributed by atoms with Gasteiger partial charge in [0.05, 0.1) is 0 Å². The summed E-state index contributed by atoms with van der Waals surface area (Å²) in [5.41, 5.74) is 0. The summed E-state index contributed by atoms with van der Waals surface area (Å²) in [4.78, 5) is 2.16. The number of nitrogens with one attached hydrogen (secondary N) is 1. The molecule has 90 valence electrons. The summed E-state index contributed by atoms with van der Waals surface area (Å²) in [5.74, 6) is 0.718. The van der Waals surface area contributed by atoms with Crippen LogP contribution in [0.3, 0.4) is 0 Å².